The maximum Gasteiger partial charge on any atom is 0.170 e. The topological polar surface area (TPSA) is 28.5 Å². The smallest absolute Gasteiger partial charge is 0.170 e. The summed E-state index contributed by atoms with van der Waals surface area (Å²) in [4.78, 5) is 1.63. The lowest BCUT2D eigenvalue weighted by Crippen LogP contribution is -3.14. The second-order valence-electron chi connectivity index (χ2n) is 5.06. The van der Waals surface area contributed by atoms with Gasteiger partial charge < -0.3 is 15.5 Å². The van der Waals surface area contributed by atoms with Crippen molar-refractivity contribution in [3.8, 4) is 0 Å². The van der Waals surface area contributed by atoms with Crippen LogP contribution in [0.25, 0.3) is 0 Å². The number of halogens is 2. The van der Waals surface area contributed by atoms with Crippen LogP contribution in [-0.2, 0) is 0 Å². The second-order valence-corrected chi connectivity index (χ2v) is 5.88. The zero-order chi connectivity index (χ0) is 14.5. The average molecular weight is 317 g/mol. The number of likely N-dealkylation sites (N-methyl/N-ethyl adjacent to an activating group) is 1. The monoisotopic (exact) mass is 316 g/mol. The first kappa shape index (κ1) is 15.5. The molecule has 1 aromatic rings. The van der Waals surface area contributed by atoms with Gasteiger partial charge in [0.2, 0.25) is 0 Å². The minimum Gasteiger partial charge on any atom is -0.356 e. The van der Waals surface area contributed by atoms with Crippen LogP contribution in [0.3, 0.4) is 0 Å². The van der Waals surface area contributed by atoms with E-state index in [0.29, 0.717) is 16.8 Å². The first-order valence-corrected chi connectivity index (χ1v) is 7.73. The van der Waals surface area contributed by atoms with Gasteiger partial charge in [-0.2, -0.15) is 0 Å². The Morgan fingerprint density at radius 3 is 3.05 bits per heavy atom. The van der Waals surface area contributed by atoms with Crippen molar-refractivity contribution < 1.29 is 9.29 Å². The number of anilines is 1. The molecular weight excluding hydrogens is 297 g/mol. The first-order chi connectivity index (χ1) is 9.60. The maximum absolute atomic E-state index is 13.1. The highest BCUT2D eigenvalue weighted by Gasteiger charge is 2.26. The number of nitrogens with one attached hydrogen (secondary N) is 3. The molecule has 0 aliphatic carbocycles. The third kappa shape index (κ3) is 4.04. The van der Waals surface area contributed by atoms with E-state index in [0.717, 1.165) is 13.1 Å². The van der Waals surface area contributed by atoms with Crippen LogP contribution in [0.15, 0.2) is 18.2 Å². The van der Waals surface area contributed by atoms with Crippen LogP contribution in [0.5, 0.6) is 0 Å². The van der Waals surface area contributed by atoms with Crippen LogP contribution >= 0.6 is 23.8 Å². The Labute approximate surface area is 129 Å². The molecule has 1 aromatic carbocycles. The zero-order valence-electron chi connectivity index (χ0n) is 11.5. The Hall–Kier alpha value is -0.910. The van der Waals surface area contributed by atoms with E-state index in [2.05, 4.69) is 17.6 Å². The highest BCUT2D eigenvalue weighted by Crippen LogP contribution is 2.19. The van der Waals surface area contributed by atoms with Gasteiger partial charge in [0.15, 0.2) is 5.11 Å². The summed E-state index contributed by atoms with van der Waals surface area (Å²) < 4.78 is 13.1. The van der Waals surface area contributed by atoms with E-state index >= 15 is 0 Å². The lowest BCUT2D eigenvalue weighted by Gasteiger charge is -2.21. The van der Waals surface area contributed by atoms with Gasteiger partial charge in [-0.1, -0.05) is 11.6 Å². The molecule has 2 atom stereocenters. The number of benzene rings is 1. The molecule has 0 spiro atoms. The minimum absolute atomic E-state index is 0.0928. The number of thiocarbonyl (C=S) groups is 1. The number of quaternary nitrogens is 1. The number of hydrogen-bond acceptors (Lipinski definition) is 1. The molecule has 0 aromatic heterocycles. The van der Waals surface area contributed by atoms with E-state index in [1.54, 1.807) is 11.0 Å². The minimum atomic E-state index is -0.427. The highest BCUT2D eigenvalue weighted by molar-refractivity contribution is 7.80. The Morgan fingerprint density at radius 2 is 2.35 bits per heavy atom. The molecule has 110 valence electrons. The predicted molar refractivity (Wildman–Crippen MR) is 85.0 cm³/mol. The molecule has 1 unspecified atom stereocenters. The Balaban J connectivity index is 1.81. The molecule has 0 radical (unpaired) electrons. The van der Waals surface area contributed by atoms with Gasteiger partial charge in [-0.25, -0.2) is 4.39 Å². The first-order valence-electron chi connectivity index (χ1n) is 6.94. The normalized spacial score (nSPS) is 21.8. The second kappa shape index (κ2) is 7.20. The van der Waals surface area contributed by atoms with E-state index in [4.69, 9.17) is 23.8 Å². The average Bonchev–Trinajstić information content (AvgIpc) is 2.88. The SMILES string of the molecule is CC[NH+]1CCC[C@H]1CNC(=S)Nc1ccc(F)c(Cl)c1. The summed E-state index contributed by atoms with van der Waals surface area (Å²) in [5, 5.41) is 6.90. The van der Waals surface area contributed by atoms with Crippen molar-refractivity contribution in [1.82, 2.24) is 5.32 Å². The quantitative estimate of drug-likeness (QED) is 0.740. The molecular formula is C14H20ClFN3S+. The number of likely N-dealkylation sites (tertiary alicyclic amines) is 1. The number of rotatable bonds is 4. The molecule has 2 rings (SSSR count). The van der Waals surface area contributed by atoms with Gasteiger partial charge in [-0.15, -0.1) is 0 Å². The van der Waals surface area contributed by atoms with E-state index < -0.39 is 5.82 Å². The number of hydrogen-bond donors (Lipinski definition) is 3. The molecule has 6 heteroatoms. The molecule has 3 nitrogen and oxygen atoms in total. The van der Waals surface area contributed by atoms with Crippen molar-refractivity contribution in [2.24, 2.45) is 0 Å². The molecule has 20 heavy (non-hydrogen) atoms. The van der Waals surface area contributed by atoms with Crippen LogP contribution in [0, 0.1) is 5.82 Å². The summed E-state index contributed by atoms with van der Waals surface area (Å²) in [5.41, 5.74) is 0.694. The van der Waals surface area contributed by atoms with Gasteiger partial charge in [-0.3, -0.25) is 0 Å². The van der Waals surface area contributed by atoms with Crippen molar-refractivity contribution in [2.45, 2.75) is 25.8 Å². The Morgan fingerprint density at radius 1 is 1.55 bits per heavy atom. The molecule has 0 saturated carbocycles. The van der Waals surface area contributed by atoms with Gasteiger partial charge in [0.1, 0.15) is 11.9 Å². The van der Waals surface area contributed by atoms with E-state index in [1.165, 1.54) is 31.5 Å². The standard InChI is InChI=1S/C14H19ClFN3S/c1-2-19-7-3-4-11(19)9-17-14(20)18-10-5-6-13(16)12(15)8-10/h5-6,8,11H,2-4,7,9H2,1H3,(H2,17,18,20)/p+1/t11-/m0/s1. The van der Waals surface area contributed by atoms with Gasteiger partial charge >= 0.3 is 0 Å². The van der Waals surface area contributed by atoms with Crippen molar-refractivity contribution in [2.75, 3.05) is 25.0 Å². The fraction of sp³-hybridized carbons (Fsp3) is 0.500. The van der Waals surface area contributed by atoms with Crippen LogP contribution < -0.4 is 15.5 Å². The lowest BCUT2D eigenvalue weighted by atomic mass is 10.2. The van der Waals surface area contributed by atoms with E-state index in [9.17, 15) is 4.39 Å². The maximum atomic E-state index is 13.1. The predicted octanol–water partition coefficient (Wildman–Crippen LogP) is 1.83. The van der Waals surface area contributed by atoms with Gasteiger partial charge in [0.25, 0.3) is 0 Å². The molecule has 1 saturated heterocycles. The van der Waals surface area contributed by atoms with Gasteiger partial charge in [0, 0.05) is 18.5 Å². The van der Waals surface area contributed by atoms with E-state index in [1.807, 2.05) is 0 Å². The summed E-state index contributed by atoms with van der Waals surface area (Å²) >= 11 is 11.0. The molecule has 3 N–H and O–H groups in total. The van der Waals surface area contributed by atoms with Gasteiger partial charge in [-0.05, 0) is 37.3 Å². The van der Waals surface area contributed by atoms with Crippen molar-refractivity contribution in [3.05, 3.63) is 29.0 Å². The van der Waals surface area contributed by atoms with Crippen LogP contribution in [0.1, 0.15) is 19.8 Å². The zero-order valence-corrected chi connectivity index (χ0v) is 13.1. The largest absolute Gasteiger partial charge is 0.356 e. The summed E-state index contributed by atoms with van der Waals surface area (Å²) in [5.74, 6) is -0.427. The highest BCUT2D eigenvalue weighted by atomic mass is 35.5. The summed E-state index contributed by atoms with van der Waals surface area (Å²) in [7, 11) is 0. The van der Waals surface area contributed by atoms with Crippen LogP contribution in [0.2, 0.25) is 5.02 Å². The van der Waals surface area contributed by atoms with Crippen molar-refractivity contribution in [3.63, 3.8) is 0 Å². The van der Waals surface area contributed by atoms with Crippen molar-refractivity contribution in [1.29, 1.82) is 0 Å². The van der Waals surface area contributed by atoms with Gasteiger partial charge in [0.05, 0.1) is 24.7 Å². The molecule has 1 aliphatic rings. The fourth-order valence-corrected chi connectivity index (χ4v) is 3.04. The molecule has 0 bridgehead atoms. The third-order valence-corrected chi connectivity index (χ3v) is 4.30. The Kier molecular flexibility index (Phi) is 5.57. The van der Waals surface area contributed by atoms with Crippen molar-refractivity contribution >= 4 is 34.6 Å². The lowest BCUT2D eigenvalue weighted by molar-refractivity contribution is -0.909. The molecule has 0 amide bonds. The summed E-state index contributed by atoms with van der Waals surface area (Å²) in [6.45, 7) is 5.48. The molecule has 1 fully saturated rings. The van der Waals surface area contributed by atoms with E-state index in [-0.39, 0.29) is 5.02 Å². The summed E-state index contributed by atoms with van der Waals surface area (Å²) in [6.07, 6.45) is 2.52. The van der Waals surface area contributed by atoms with Crippen LogP contribution in [-0.4, -0.2) is 30.8 Å². The van der Waals surface area contributed by atoms with Crippen LogP contribution in [0.4, 0.5) is 10.1 Å². The Bertz CT molecular complexity index is 483. The molecule has 1 aliphatic heterocycles. The fourth-order valence-electron chi connectivity index (χ4n) is 2.66. The summed E-state index contributed by atoms with van der Waals surface area (Å²) in [6, 6.07) is 5.10. The molecule has 1 heterocycles. The third-order valence-electron chi connectivity index (χ3n) is 3.77.